The van der Waals surface area contributed by atoms with Crippen molar-refractivity contribution in [2.75, 3.05) is 14.2 Å². The number of carbonyl (C=O) groups is 1. The van der Waals surface area contributed by atoms with Gasteiger partial charge in [-0.3, -0.25) is 14.9 Å². The number of hydrogen-bond donors (Lipinski definition) is 2. The summed E-state index contributed by atoms with van der Waals surface area (Å²) in [6.45, 7) is 4.28. The van der Waals surface area contributed by atoms with E-state index in [4.69, 9.17) is 9.47 Å². The van der Waals surface area contributed by atoms with Crippen LogP contribution in [0.5, 0.6) is 17.2 Å². The van der Waals surface area contributed by atoms with Crippen molar-refractivity contribution >= 4 is 5.91 Å². The van der Waals surface area contributed by atoms with E-state index in [0.29, 0.717) is 40.6 Å². The maximum Gasteiger partial charge on any atom is 0.273 e. The lowest BCUT2D eigenvalue weighted by Crippen LogP contribution is -2.29. The molecule has 2 aromatic carbocycles. The van der Waals surface area contributed by atoms with Gasteiger partial charge >= 0.3 is 0 Å². The van der Waals surface area contributed by atoms with Crippen LogP contribution in [0.4, 0.5) is 0 Å². The molecule has 8 heteroatoms. The number of ether oxygens (including phenoxy) is 2. The summed E-state index contributed by atoms with van der Waals surface area (Å²) in [5.74, 6) is 1.10. The largest absolute Gasteiger partial charge is 0.507 e. The molecule has 1 aliphatic heterocycles. The number of nitrogens with one attached hydrogen (secondary N) is 1. The van der Waals surface area contributed by atoms with E-state index >= 15 is 0 Å². The molecule has 0 saturated carbocycles. The molecule has 0 fully saturated rings. The van der Waals surface area contributed by atoms with Crippen LogP contribution >= 0.6 is 0 Å². The molecule has 0 radical (unpaired) electrons. The maximum atomic E-state index is 13.6. The number of benzene rings is 2. The Morgan fingerprint density at radius 2 is 1.83 bits per heavy atom. The summed E-state index contributed by atoms with van der Waals surface area (Å²) < 4.78 is 11.0. The first kappa shape index (κ1) is 22.5. The normalized spacial score (nSPS) is 14.8. The third-order valence-electron chi connectivity index (χ3n) is 6.53. The lowest BCUT2D eigenvalue weighted by Gasteiger charge is -2.27. The van der Waals surface area contributed by atoms with E-state index in [1.54, 1.807) is 37.6 Å². The number of fused-ring (bicyclic) bond motifs is 1. The lowest BCUT2D eigenvalue weighted by atomic mass is 9.94. The molecule has 1 aliphatic rings. The Bertz CT molecular complexity index is 1410. The third-order valence-corrected chi connectivity index (χ3v) is 6.53. The van der Waals surface area contributed by atoms with E-state index in [2.05, 4.69) is 15.2 Å². The standard InChI is InChI=1S/C27H26N4O4/c1-15-10-19(20(32)11-16(15)2)24-23-25(30-29-24)27(33)31(14-17-6-5-9-28-13-17)26(23)18-7-8-21(34-3)22(12-18)35-4/h5-13,26,32H,14H2,1-4H3,(H,29,30). The quantitative estimate of drug-likeness (QED) is 0.429. The second-order valence-electron chi connectivity index (χ2n) is 8.63. The van der Waals surface area contributed by atoms with Crippen LogP contribution in [0.25, 0.3) is 11.3 Å². The summed E-state index contributed by atoms with van der Waals surface area (Å²) in [6.07, 6.45) is 3.45. The van der Waals surface area contributed by atoms with Crippen LogP contribution in [0.2, 0.25) is 0 Å². The molecule has 8 nitrogen and oxygen atoms in total. The fraction of sp³-hybridized carbons (Fsp3) is 0.222. The van der Waals surface area contributed by atoms with Crippen LogP contribution < -0.4 is 9.47 Å². The zero-order chi connectivity index (χ0) is 24.7. The number of amides is 1. The Hall–Kier alpha value is -4.33. The molecular weight excluding hydrogens is 444 g/mol. The van der Waals surface area contributed by atoms with E-state index in [0.717, 1.165) is 22.3 Å². The number of aromatic hydroxyl groups is 1. The van der Waals surface area contributed by atoms with Gasteiger partial charge < -0.3 is 19.5 Å². The van der Waals surface area contributed by atoms with Gasteiger partial charge in [0.2, 0.25) is 0 Å². The third kappa shape index (κ3) is 3.77. The van der Waals surface area contributed by atoms with E-state index in [1.165, 1.54) is 0 Å². The highest BCUT2D eigenvalue weighted by Gasteiger charge is 2.43. The minimum Gasteiger partial charge on any atom is -0.507 e. The number of aromatic nitrogens is 3. The first-order valence-corrected chi connectivity index (χ1v) is 11.2. The van der Waals surface area contributed by atoms with Gasteiger partial charge in [0.25, 0.3) is 5.91 Å². The zero-order valence-corrected chi connectivity index (χ0v) is 20.0. The SMILES string of the molecule is COc1ccc(C2c3c(-c4cc(C)c(C)cc4O)n[nH]c3C(=O)N2Cc2cccnc2)cc1OC. The molecule has 5 rings (SSSR count). The van der Waals surface area contributed by atoms with Crippen molar-refractivity contribution < 1.29 is 19.4 Å². The van der Waals surface area contributed by atoms with Crippen molar-refractivity contribution in [3.05, 3.63) is 88.4 Å². The Morgan fingerprint density at radius 3 is 2.54 bits per heavy atom. The Labute approximate surface area is 203 Å². The number of carbonyl (C=O) groups excluding carboxylic acids is 1. The minimum atomic E-state index is -0.465. The first-order chi connectivity index (χ1) is 16.9. The number of aromatic amines is 1. The molecule has 0 spiro atoms. The second-order valence-corrected chi connectivity index (χ2v) is 8.63. The Morgan fingerprint density at radius 1 is 1.06 bits per heavy atom. The number of H-pyrrole nitrogens is 1. The molecule has 3 heterocycles. The molecule has 4 aromatic rings. The number of nitrogens with zero attached hydrogens (tertiary/aromatic N) is 3. The van der Waals surface area contributed by atoms with Crippen LogP contribution in [0.3, 0.4) is 0 Å². The molecule has 35 heavy (non-hydrogen) atoms. The number of rotatable bonds is 6. The van der Waals surface area contributed by atoms with Gasteiger partial charge in [-0.15, -0.1) is 0 Å². The Kier molecular flexibility index (Phi) is 5.64. The number of methoxy groups -OCH3 is 2. The lowest BCUT2D eigenvalue weighted by molar-refractivity contribution is 0.0729. The predicted molar refractivity (Wildman–Crippen MR) is 131 cm³/mol. The summed E-state index contributed by atoms with van der Waals surface area (Å²) in [5.41, 5.74) is 5.98. The maximum absolute atomic E-state index is 13.6. The van der Waals surface area contributed by atoms with Crippen molar-refractivity contribution in [2.45, 2.75) is 26.4 Å². The summed E-state index contributed by atoms with van der Waals surface area (Å²) >= 11 is 0. The number of phenolic OH excluding ortho intramolecular Hbond substituents is 1. The van der Waals surface area contributed by atoms with Crippen molar-refractivity contribution in [2.24, 2.45) is 0 Å². The van der Waals surface area contributed by atoms with Crippen LogP contribution in [0.15, 0.2) is 54.9 Å². The topological polar surface area (TPSA) is 101 Å². The van der Waals surface area contributed by atoms with Crippen LogP contribution in [0.1, 0.15) is 44.3 Å². The zero-order valence-electron chi connectivity index (χ0n) is 20.0. The van der Waals surface area contributed by atoms with Gasteiger partial charge in [-0.2, -0.15) is 5.10 Å². The van der Waals surface area contributed by atoms with Gasteiger partial charge in [-0.1, -0.05) is 12.1 Å². The summed E-state index contributed by atoms with van der Waals surface area (Å²) in [4.78, 5) is 19.6. The fourth-order valence-corrected chi connectivity index (χ4v) is 4.61. The second kappa shape index (κ2) is 8.79. The van der Waals surface area contributed by atoms with Crippen LogP contribution in [-0.2, 0) is 6.54 Å². The predicted octanol–water partition coefficient (Wildman–Crippen LogP) is 4.56. The van der Waals surface area contributed by atoms with Crippen molar-refractivity contribution in [1.29, 1.82) is 0 Å². The molecule has 2 N–H and O–H groups in total. The highest BCUT2D eigenvalue weighted by atomic mass is 16.5. The van der Waals surface area contributed by atoms with Crippen molar-refractivity contribution in [1.82, 2.24) is 20.1 Å². The molecule has 0 aliphatic carbocycles. The van der Waals surface area contributed by atoms with Gasteiger partial charge in [0.15, 0.2) is 11.5 Å². The van der Waals surface area contributed by atoms with Gasteiger partial charge in [0.05, 0.1) is 20.3 Å². The van der Waals surface area contributed by atoms with E-state index in [-0.39, 0.29) is 11.7 Å². The highest BCUT2D eigenvalue weighted by molar-refractivity contribution is 6.00. The Balaban J connectivity index is 1.70. The number of phenols is 1. The van der Waals surface area contributed by atoms with Gasteiger partial charge in [0.1, 0.15) is 17.1 Å². The van der Waals surface area contributed by atoms with Crippen LogP contribution in [0, 0.1) is 13.8 Å². The van der Waals surface area contributed by atoms with Gasteiger partial charge in [0, 0.05) is 30.1 Å². The first-order valence-electron chi connectivity index (χ1n) is 11.2. The van der Waals surface area contributed by atoms with Gasteiger partial charge in [-0.05, 0) is 66.4 Å². The number of aryl methyl sites for hydroxylation is 2. The highest BCUT2D eigenvalue weighted by Crippen LogP contribution is 2.46. The molecule has 178 valence electrons. The molecular formula is C27H26N4O4. The van der Waals surface area contributed by atoms with E-state index in [9.17, 15) is 9.90 Å². The average molecular weight is 471 g/mol. The molecule has 0 saturated heterocycles. The average Bonchev–Trinajstić information content (AvgIpc) is 3.40. The summed E-state index contributed by atoms with van der Waals surface area (Å²) in [5, 5.41) is 18.2. The monoisotopic (exact) mass is 470 g/mol. The van der Waals surface area contributed by atoms with Gasteiger partial charge in [-0.25, -0.2) is 0 Å². The van der Waals surface area contributed by atoms with E-state index in [1.807, 2.05) is 50.2 Å². The fourth-order valence-electron chi connectivity index (χ4n) is 4.61. The van der Waals surface area contributed by atoms with Crippen molar-refractivity contribution in [3.63, 3.8) is 0 Å². The van der Waals surface area contributed by atoms with E-state index < -0.39 is 6.04 Å². The molecule has 0 bridgehead atoms. The van der Waals surface area contributed by atoms with Crippen molar-refractivity contribution in [3.8, 4) is 28.5 Å². The summed E-state index contributed by atoms with van der Waals surface area (Å²) in [6, 6.07) is 12.6. The molecule has 1 atom stereocenters. The summed E-state index contributed by atoms with van der Waals surface area (Å²) in [7, 11) is 3.16. The number of pyridine rings is 1. The molecule has 1 unspecified atom stereocenters. The smallest absolute Gasteiger partial charge is 0.273 e. The molecule has 1 amide bonds. The number of hydrogen-bond acceptors (Lipinski definition) is 6. The molecule has 2 aromatic heterocycles. The van der Waals surface area contributed by atoms with Crippen LogP contribution in [-0.4, -0.2) is 45.3 Å². The minimum absolute atomic E-state index is 0.117.